The Morgan fingerprint density at radius 2 is 2.31 bits per heavy atom. The first kappa shape index (κ1) is 10.2. The number of nitrogens with one attached hydrogen (secondary N) is 2. The average molecular weight is 239 g/mol. The molecule has 2 rings (SSSR count). The molecule has 2 heterocycles. The van der Waals surface area contributed by atoms with Crippen LogP contribution in [0.2, 0.25) is 0 Å². The molecule has 1 amide bonds. The summed E-state index contributed by atoms with van der Waals surface area (Å²) in [6.07, 6.45) is 1.14. The number of imidazole rings is 1. The SMILES string of the molecule is O=C(Nc1nncs1)c1nc[nH]c1C(=O)O. The van der Waals surface area contributed by atoms with Crippen LogP contribution >= 0.6 is 11.3 Å². The van der Waals surface area contributed by atoms with Crippen molar-refractivity contribution in [2.75, 3.05) is 5.32 Å². The first-order valence-electron chi connectivity index (χ1n) is 4.02. The standard InChI is InChI=1S/C7H5N5O3S/c13-5(11-7-12-10-2-16-7)3-4(6(14)15)9-1-8-3/h1-2H,(H,8,9)(H,14,15)(H,11,12,13). The molecule has 0 aliphatic carbocycles. The lowest BCUT2D eigenvalue weighted by Crippen LogP contribution is -2.16. The number of amides is 1. The number of carbonyl (C=O) groups excluding carboxylic acids is 1. The van der Waals surface area contributed by atoms with E-state index < -0.39 is 11.9 Å². The second kappa shape index (κ2) is 4.06. The Balaban J connectivity index is 2.21. The summed E-state index contributed by atoms with van der Waals surface area (Å²) in [4.78, 5) is 28.3. The smallest absolute Gasteiger partial charge is 0.354 e. The minimum atomic E-state index is -1.25. The summed E-state index contributed by atoms with van der Waals surface area (Å²) in [5, 5.41) is 18.5. The molecule has 0 saturated carbocycles. The topological polar surface area (TPSA) is 121 Å². The van der Waals surface area contributed by atoms with Gasteiger partial charge in [-0.05, 0) is 0 Å². The van der Waals surface area contributed by atoms with Crippen LogP contribution in [-0.4, -0.2) is 37.1 Å². The molecule has 9 heteroatoms. The summed E-state index contributed by atoms with van der Waals surface area (Å²) in [7, 11) is 0. The van der Waals surface area contributed by atoms with Gasteiger partial charge >= 0.3 is 5.97 Å². The summed E-state index contributed by atoms with van der Waals surface area (Å²) in [6.45, 7) is 0. The first-order valence-corrected chi connectivity index (χ1v) is 4.90. The number of nitrogens with zero attached hydrogens (tertiary/aromatic N) is 3. The van der Waals surface area contributed by atoms with Crippen LogP contribution in [0.4, 0.5) is 5.13 Å². The van der Waals surface area contributed by atoms with Crippen LogP contribution in [0.5, 0.6) is 0 Å². The van der Waals surface area contributed by atoms with Crippen molar-refractivity contribution in [2.24, 2.45) is 0 Å². The lowest BCUT2D eigenvalue weighted by Gasteiger charge is -1.98. The predicted octanol–water partition coefficient (Wildman–Crippen LogP) is 0.212. The van der Waals surface area contributed by atoms with E-state index in [1.165, 1.54) is 5.51 Å². The fraction of sp³-hybridized carbons (Fsp3) is 0. The Hall–Kier alpha value is -2.29. The highest BCUT2D eigenvalue weighted by Crippen LogP contribution is 2.11. The second-order valence-corrected chi connectivity index (χ2v) is 3.46. The van der Waals surface area contributed by atoms with Crippen molar-refractivity contribution in [3.05, 3.63) is 23.2 Å². The van der Waals surface area contributed by atoms with Crippen LogP contribution in [0.1, 0.15) is 21.0 Å². The maximum Gasteiger partial charge on any atom is 0.354 e. The molecule has 2 aromatic rings. The molecule has 16 heavy (non-hydrogen) atoms. The van der Waals surface area contributed by atoms with Crippen molar-refractivity contribution in [1.82, 2.24) is 20.2 Å². The molecule has 0 saturated heterocycles. The zero-order valence-electron chi connectivity index (χ0n) is 7.67. The Morgan fingerprint density at radius 3 is 2.94 bits per heavy atom. The van der Waals surface area contributed by atoms with E-state index in [0.29, 0.717) is 0 Å². The highest BCUT2D eigenvalue weighted by atomic mass is 32.1. The van der Waals surface area contributed by atoms with E-state index in [2.05, 4.69) is 25.5 Å². The Kier molecular flexibility index (Phi) is 2.60. The Morgan fingerprint density at radius 1 is 1.50 bits per heavy atom. The third-order valence-corrected chi connectivity index (χ3v) is 2.26. The molecular formula is C7H5N5O3S. The number of carboxylic acids is 1. The van der Waals surface area contributed by atoms with Gasteiger partial charge in [0.15, 0.2) is 11.4 Å². The molecule has 0 spiro atoms. The van der Waals surface area contributed by atoms with E-state index in [4.69, 9.17) is 5.11 Å². The number of aromatic amines is 1. The van der Waals surface area contributed by atoms with Gasteiger partial charge in [-0.25, -0.2) is 9.78 Å². The van der Waals surface area contributed by atoms with Gasteiger partial charge in [-0.1, -0.05) is 11.3 Å². The molecule has 0 aliphatic heterocycles. The maximum atomic E-state index is 11.6. The number of aromatic nitrogens is 4. The third kappa shape index (κ3) is 1.88. The highest BCUT2D eigenvalue weighted by molar-refractivity contribution is 7.13. The molecular weight excluding hydrogens is 234 g/mol. The molecule has 82 valence electrons. The number of aromatic carboxylic acids is 1. The third-order valence-electron chi connectivity index (χ3n) is 1.65. The van der Waals surface area contributed by atoms with Gasteiger partial charge in [-0.2, -0.15) is 0 Å². The zero-order chi connectivity index (χ0) is 11.5. The second-order valence-electron chi connectivity index (χ2n) is 2.63. The summed E-state index contributed by atoms with van der Waals surface area (Å²) in [6, 6.07) is 0. The molecule has 0 radical (unpaired) electrons. The van der Waals surface area contributed by atoms with E-state index in [1.54, 1.807) is 0 Å². The monoisotopic (exact) mass is 239 g/mol. The normalized spacial score (nSPS) is 10.0. The predicted molar refractivity (Wildman–Crippen MR) is 53.4 cm³/mol. The van der Waals surface area contributed by atoms with E-state index in [0.717, 1.165) is 17.7 Å². The van der Waals surface area contributed by atoms with E-state index in [-0.39, 0.29) is 16.5 Å². The van der Waals surface area contributed by atoms with Gasteiger partial charge in [-0.3, -0.25) is 10.1 Å². The lowest BCUT2D eigenvalue weighted by atomic mass is 10.3. The molecule has 0 fully saturated rings. The van der Waals surface area contributed by atoms with Crippen molar-refractivity contribution in [2.45, 2.75) is 0 Å². The quantitative estimate of drug-likeness (QED) is 0.704. The van der Waals surface area contributed by atoms with Crippen LogP contribution in [-0.2, 0) is 0 Å². The van der Waals surface area contributed by atoms with Crippen molar-refractivity contribution in [3.8, 4) is 0 Å². The number of hydrogen-bond acceptors (Lipinski definition) is 6. The minimum Gasteiger partial charge on any atom is -0.477 e. The van der Waals surface area contributed by atoms with Gasteiger partial charge in [0.25, 0.3) is 5.91 Å². The average Bonchev–Trinajstić information content (AvgIpc) is 2.86. The molecule has 0 aliphatic rings. The van der Waals surface area contributed by atoms with E-state index in [9.17, 15) is 9.59 Å². The molecule has 2 aromatic heterocycles. The van der Waals surface area contributed by atoms with Crippen molar-refractivity contribution in [1.29, 1.82) is 0 Å². The molecule has 0 atom stereocenters. The van der Waals surface area contributed by atoms with Crippen LogP contribution in [0.15, 0.2) is 11.8 Å². The number of carboxylic acid groups (broad SMARTS) is 1. The fourth-order valence-electron chi connectivity index (χ4n) is 1.01. The number of carbonyl (C=O) groups is 2. The largest absolute Gasteiger partial charge is 0.477 e. The van der Waals surface area contributed by atoms with Gasteiger partial charge in [0.1, 0.15) is 5.51 Å². The summed E-state index contributed by atoms with van der Waals surface area (Å²) >= 11 is 1.12. The van der Waals surface area contributed by atoms with Gasteiger partial charge in [-0.15, -0.1) is 10.2 Å². The van der Waals surface area contributed by atoms with Gasteiger partial charge < -0.3 is 10.1 Å². The Labute approximate surface area is 92.4 Å². The van der Waals surface area contributed by atoms with Crippen LogP contribution < -0.4 is 5.32 Å². The molecule has 8 nitrogen and oxygen atoms in total. The molecule has 3 N–H and O–H groups in total. The summed E-state index contributed by atoms with van der Waals surface area (Å²) < 4.78 is 0. The van der Waals surface area contributed by atoms with Crippen LogP contribution in [0, 0.1) is 0 Å². The Bertz CT molecular complexity index is 520. The molecule has 0 unspecified atom stereocenters. The highest BCUT2D eigenvalue weighted by Gasteiger charge is 2.20. The number of rotatable bonds is 3. The van der Waals surface area contributed by atoms with Crippen LogP contribution in [0.25, 0.3) is 0 Å². The first-order chi connectivity index (χ1) is 7.68. The zero-order valence-corrected chi connectivity index (χ0v) is 8.48. The maximum absolute atomic E-state index is 11.6. The van der Waals surface area contributed by atoms with Crippen molar-refractivity contribution in [3.63, 3.8) is 0 Å². The molecule has 0 aromatic carbocycles. The lowest BCUT2D eigenvalue weighted by molar-refractivity contribution is 0.0686. The van der Waals surface area contributed by atoms with Crippen LogP contribution in [0.3, 0.4) is 0 Å². The van der Waals surface area contributed by atoms with Crippen molar-refractivity contribution < 1.29 is 14.7 Å². The van der Waals surface area contributed by atoms with E-state index in [1.807, 2.05) is 0 Å². The van der Waals surface area contributed by atoms with Crippen molar-refractivity contribution >= 4 is 28.3 Å². The number of hydrogen-bond donors (Lipinski definition) is 3. The fourth-order valence-corrected chi connectivity index (χ4v) is 1.45. The van der Waals surface area contributed by atoms with Gasteiger partial charge in [0.05, 0.1) is 6.33 Å². The minimum absolute atomic E-state index is 0.192. The summed E-state index contributed by atoms with van der Waals surface area (Å²) in [5.74, 6) is -1.89. The summed E-state index contributed by atoms with van der Waals surface area (Å²) in [5.41, 5.74) is 0.989. The molecule has 0 bridgehead atoms. The van der Waals surface area contributed by atoms with E-state index >= 15 is 0 Å². The number of anilines is 1. The van der Waals surface area contributed by atoms with Gasteiger partial charge in [0.2, 0.25) is 5.13 Å². The van der Waals surface area contributed by atoms with Gasteiger partial charge in [0, 0.05) is 0 Å². The number of H-pyrrole nitrogens is 1.